The number of amides is 1. The third-order valence-corrected chi connectivity index (χ3v) is 4.79. The Morgan fingerprint density at radius 1 is 1.38 bits per heavy atom. The number of carbonyl (C=O) groups is 1. The topological polar surface area (TPSA) is 80.1 Å². The first-order valence-electron chi connectivity index (χ1n) is 7.49. The number of benzene rings is 1. The van der Waals surface area contributed by atoms with E-state index in [1.165, 1.54) is 0 Å². The Labute approximate surface area is 122 Å². The number of aromatic amines is 1. The molecule has 0 spiro atoms. The summed E-state index contributed by atoms with van der Waals surface area (Å²) in [5.74, 6) is 0.322. The third-order valence-electron chi connectivity index (χ3n) is 4.79. The normalized spacial score (nSPS) is 31.5. The van der Waals surface area contributed by atoms with E-state index < -0.39 is 0 Å². The van der Waals surface area contributed by atoms with E-state index in [0.29, 0.717) is 11.5 Å². The number of rotatable bonds is 2. The van der Waals surface area contributed by atoms with Gasteiger partial charge in [-0.15, -0.1) is 0 Å². The summed E-state index contributed by atoms with van der Waals surface area (Å²) in [6, 6.07) is 7.55. The zero-order chi connectivity index (χ0) is 14.4. The second-order valence-corrected chi connectivity index (χ2v) is 6.00. The fourth-order valence-electron chi connectivity index (χ4n) is 3.56. The molecule has 2 aliphatic rings. The maximum absolute atomic E-state index is 12.4. The average molecular weight is 285 g/mol. The van der Waals surface area contributed by atoms with Crippen LogP contribution in [0.2, 0.25) is 0 Å². The van der Waals surface area contributed by atoms with Crippen molar-refractivity contribution in [1.29, 1.82) is 0 Å². The quantitative estimate of drug-likeness (QED) is 0.780. The number of hydrogen-bond donors (Lipinski definition) is 3. The predicted molar refractivity (Wildman–Crippen MR) is 80.0 cm³/mol. The van der Waals surface area contributed by atoms with Crippen LogP contribution in [0.3, 0.4) is 0 Å². The lowest BCUT2D eigenvalue weighted by Crippen LogP contribution is -2.72. The maximum atomic E-state index is 12.4. The van der Waals surface area contributed by atoms with Crippen molar-refractivity contribution in [2.24, 2.45) is 11.7 Å². The molecule has 0 radical (unpaired) electrons. The van der Waals surface area contributed by atoms with Crippen LogP contribution in [-0.2, 0) is 4.74 Å². The van der Waals surface area contributed by atoms with E-state index in [4.69, 9.17) is 10.5 Å². The number of H-pyrrole nitrogens is 1. The van der Waals surface area contributed by atoms with Crippen LogP contribution >= 0.6 is 0 Å². The maximum Gasteiger partial charge on any atom is 0.251 e. The van der Waals surface area contributed by atoms with Gasteiger partial charge in [-0.2, -0.15) is 0 Å². The smallest absolute Gasteiger partial charge is 0.251 e. The van der Waals surface area contributed by atoms with Gasteiger partial charge in [0, 0.05) is 41.2 Å². The Bertz CT molecular complexity index is 681. The molecule has 5 nitrogen and oxygen atoms in total. The predicted octanol–water partition coefficient (Wildman–Crippen LogP) is 1.40. The van der Waals surface area contributed by atoms with E-state index in [-0.39, 0.29) is 24.1 Å². The van der Waals surface area contributed by atoms with Gasteiger partial charge in [-0.05, 0) is 37.1 Å². The van der Waals surface area contributed by atoms with Crippen LogP contribution in [0.5, 0.6) is 0 Å². The van der Waals surface area contributed by atoms with Crippen molar-refractivity contribution in [3.63, 3.8) is 0 Å². The summed E-state index contributed by atoms with van der Waals surface area (Å²) in [5.41, 5.74) is 7.87. The number of carbonyl (C=O) groups excluding carboxylic acids is 1. The highest BCUT2D eigenvalue weighted by atomic mass is 16.5. The zero-order valence-corrected chi connectivity index (χ0v) is 11.7. The van der Waals surface area contributed by atoms with Crippen LogP contribution in [0.15, 0.2) is 30.5 Å². The molecule has 1 amide bonds. The van der Waals surface area contributed by atoms with Gasteiger partial charge in [0.1, 0.15) is 0 Å². The van der Waals surface area contributed by atoms with Crippen LogP contribution in [-0.4, -0.2) is 35.7 Å². The summed E-state index contributed by atoms with van der Waals surface area (Å²) < 4.78 is 5.75. The van der Waals surface area contributed by atoms with Crippen LogP contribution in [0.1, 0.15) is 23.2 Å². The second kappa shape index (κ2) is 4.86. The van der Waals surface area contributed by atoms with Crippen molar-refractivity contribution < 1.29 is 9.53 Å². The highest BCUT2D eigenvalue weighted by Gasteiger charge is 2.51. The minimum Gasteiger partial charge on any atom is -0.376 e. The molecule has 1 saturated carbocycles. The molecule has 4 N–H and O–H groups in total. The lowest BCUT2D eigenvalue weighted by Gasteiger charge is -2.52. The summed E-state index contributed by atoms with van der Waals surface area (Å²) in [7, 11) is 0. The number of nitrogens with two attached hydrogens (primary N) is 1. The molecule has 2 aromatic rings. The third kappa shape index (κ3) is 2.04. The van der Waals surface area contributed by atoms with E-state index in [2.05, 4.69) is 10.3 Å². The molecule has 0 bridgehead atoms. The lowest BCUT2D eigenvalue weighted by molar-refractivity contribution is -0.117. The highest BCUT2D eigenvalue weighted by Crippen LogP contribution is 2.37. The number of nitrogens with one attached hydrogen (secondary N) is 2. The van der Waals surface area contributed by atoms with Gasteiger partial charge in [-0.25, -0.2) is 0 Å². The minimum absolute atomic E-state index is 0.00948. The fraction of sp³-hybridized carbons (Fsp3) is 0.438. The Balaban J connectivity index is 1.50. The molecule has 21 heavy (non-hydrogen) atoms. The molecule has 1 saturated heterocycles. The van der Waals surface area contributed by atoms with Crippen LogP contribution in [0.4, 0.5) is 0 Å². The van der Waals surface area contributed by atoms with Gasteiger partial charge >= 0.3 is 0 Å². The zero-order valence-electron chi connectivity index (χ0n) is 11.7. The van der Waals surface area contributed by atoms with Gasteiger partial charge in [0.25, 0.3) is 5.91 Å². The molecule has 4 unspecified atom stereocenters. The molecule has 110 valence electrons. The van der Waals surface area contributed by atoms with Crippen molar-refractivity contribution in [3.05, 3.63) is 36.0 Å². The average Bonchev–Trinajstić information content (AvgIpc) is 2.99. The Kier molecular flexibility index (Phi) is 2.97. The van der Waals surface area contributed by atoms with E-state index in [1.807, 2.05) is 30.5 Å². The highest BCUT2D eigenvalue weighted by molar-refractivity contribution is 5.98. The van der Waals surface area contributed by atoms with Gasteiger partial charge in [0.05, 0.1) is 12.1 Å². The number of hydrogen-bond acceptors (Lipinski definition) is 3. The monoisotopic (exact) mass is 285 g/mol. The van der Waals surface area contributed by atoms with E-state index >= 15 is 0 Å². The van der Waals surface area contributed by atoms with Crippen LogP contribution in [0.25, 0.3) is 10.9 Å². The molecule has 1 aromatic heterocycles. The lowest BCUT2D eigenvalue weighted by atomic mass is 9.68. The minimum atomic E-state index is -0.0776. The fourth-order valence-corrected chi connectivity index (χ4v) is 3.56. The van der Waals surface area contributed by atoms with E-state index in [9.17, 15) is 4.79 Å². The first-order valence-corrected chi connectivity index (χ1v) is 7.49. The van der Waals surface area contributed by atoms with Crippen molar-refractivity contribution in [2.75, 3.05) is 6.61 Å². The van der Waals surface area contributed by atoms with Gasteiger partial charge in [-0.3, -0.25) is 4.79 Å². The van der Waals surface area contributed by atoms with Crippen LogP contribution in [0, 0.1) is 5.92 Å². The molecule has 1 aliphatic carbocycles. The first-order chi connectivity index (χ1) is 10.2. The van der Waals surface area contributed by atoms with Crippen LogP contribution < -0.4 is 11.1 Å². The number of fused-ring (bicyclic) bond motifs is 2. The molecular formula is C16H19N3O2. The summed E-state index contributed by atoms with van der Waals surface area (Å²) in [6.07, 6.45) is 4.13. The Morgan fingerprint density at radius 2 is 2.29 bits per heavy atom. The largest absolute Gasteiger partial charge is 0.376 e. The van der Waals surface area contributed by atoms with Crippen molar-refractivity contribution in [3.8, 4) is 0 Å². The van der Waals surface area contributed by atoms with Gasteiger partial charge in [0.15, 0.2) is 0 Å². The van der Waals surface area contributed by atoms with E-state index in [0.717, 1.165) is 30.4 Å². The molecule has 2 heterocycles. The van der Waals surface area contributed by atoms with Crippen molar-refractivity contribution in [2.45, 2.75) is 31.0 Å². The summed E-state index contributed by atoms with van der Waals surface area (Å²) in [4.78, 5) is 15.5. The van der Waals surface area contributed by atoms with Gasteiger partial charge in [-0.1, -0.05) is 0 Å². The molecular weight excluding hydrogens is 266 g/mol. The summed E-state index contributed by atoms with van der Waals surface area (Å²) in [5, 5.41) is 4.07. The van der Waals surface area contributed by atoms with Gasteiger partial charge in [0.2, 0.25) is 0 Å². The summed E-state index contributed by atoms with van der Waals surface area (Å²) >= 11 is 0. The molecule has 1 aromatic carbocycles. The van der Waals surface area contributed by atoms with Gasteiger partial charge < -0.3 is 20.8 Å². The SMILES string of the molecule is NC1C2CCCOC2C1NC(=O)c1ccc2[nH]ccc2c1. The molecule has 2 fully saturated rings. The van der Waals surface area contributed by atoms with Crippen molar-refractivity contribution in [1.82, 2.24) is 10.3 Å². The second-order valence-electron chi connectivity index (χ2n) is 6.00. The van der Waals surface area contributed by atoms with Crippen molar-refractivity contribution >= 4 is 16.8 Å². The number of ether oxygens (including phenoxy) is 1. The Morgan fingerprint density at radius 3 is 3.19 bits per heavy atom. The first kappa shape index (κ1) is 12.9. The Hall–Kier alpha value is -1.85. The number of aromatic nitrogens is 1. The molecule has 4 atom stereocenters. The molecule has 5 heteroatoms. The molecule has 1 aliphatic heterocycles. The summed E-state index contributed by atoms with van der Waals surface area (Å²) in [6.45, 7) is 0.773. The van der Waals surface area contributed by atoms with E-state index in [1.54, 1.807) is 0 Å². The standard InChI is InChI=1S/C16H19N3O2/c17-13-11-2-1-7-21-15(11)14(13)19-16(20)10-3-4-12-9(8-10)5-6-18-12/h3-6,8,11,13-15,18H,1-2,7,17H2,(H,19,20). The molecule has 4 rings (SSSR count).